The number of hydrogen-bond donors (Lipinski definition) is 1. The van der Waals surface area contributed by atoms with Crippen LogP contribution in [-0.2, 0) is 32.7 Å². The van der Waals surface area contributed by atoms with Crippen molar-refractivity contribution in [3.63, 3.8) is 0 Å². The molecule has 0 saturated carbocycles. The van der Waals surface area contributed by atoms with Gasteiger partial charge in [-0.3, -0.25) is 18.6 Å². The Balaban J connectivity index is 3.97. The molecule has 0 spiro atoms. The number of phosphoric ester groups is 1. The normalized spacial score (nSPS) is 13.6. The molecule has 0 fully saturated rings. The highest BCUT2D eigenvalue weighted by Crippen LogP contribution is 2.43. The summed E-state index contributed by atoms with van der Waals surface area (Å²) in [7, 11) is -4.29. The Kier molecular flexibility index (Phi) is 48.4. The number of allylic oxidation sites excluding steroid dienone is 10. The van der Waals surface area contributed by atoms with Gasteiger partial charge in [0.15, 0.2) is 6.10 Å². The van der Waals surface area contributed by atoms with Gasteiger partial charge in [0.05, 0.1) is 13.2 Å². The molecule has 0 aliphatic rings. The molecule has 2 unspecified atom stereocenters. The minimum absolute atomic E-state index is 0.00219. The molecule has 0 bridgehead atoms. The van der Waals surface area contributed by atoms with Gasteiger partial charge in [-0.25, -0.2) is 4.57 Å². The number of phosphoric acid groups is 1. The van der Waals surface area contributed by atoms with E-state index in [0.717, 1.165) is 70.6 Å². The molecule has 64 heavy (non-hydrogen) atoms. The first kappa shape index (κ1) is 61.8. The molecule has 0 aliphatic carbocycles. The maximum atomic E-state index is 12.6. The van der Waals surface area contributed by atoms with E-state index >= 15 is 0 Å². The summed E-state index contributed by atoms with van der Waals surface area (Å²) in [5.74, 6) is -0.799. The van der Waals surface area contributed by atoms with Crippen LogP contribution in [0.3, 0.4) is 0 Å². The second-order valence-electron chi connectivity index (χ2n) is 17.5. The van der Waals surface area contributed by atoms with Crippen LogP contribution in [0.4, 0.5) is 0 Å². The molecule has 2 atom stereocenters. The van der Waals surface area contributed by atoms with E-state index in [9.17, 15) is 19.0 Å². The van der Waals surface area contributed by atoms with Gasteiger partial charge in [-0.05, 0) is 84.0 Å². The minimum atomic E-state index is -4.29. The van der Waals surface area contributed by atoms with Crippen molar-refractivity contribution in [3.05, 3.63) is 60.8 Å². The highest BCUT2D eigenvalue weighted by atomic mass is 31.2. The van der Waals surface area contributed by atoms with Crippen molar-refractivity contribution in [2.75, 3.05) is 19.8 Å². The van der Waals surface area contributed by atoms with Gasteiger partial charge in [-0.15, -0.1) is 0 Å². The molecular formula is C55H99O8P. The van der Waals surface area contributed by atoms with Gasteiger partial charge in [-0.2, -0.15) is 0 Å². The van der Waals surface area contributed by atoms with E-state index in [1.54, 1.807) is 6.92 Å². The largest absolute Gasteiger partial charge is 0.472 e. The third kappa shape index (κ3) is 49.2. The first-order valence-electron chi connectivity index (χ1n) is 26.6. The summed E-state index contributed by atoms with van der Waals surface area (Å²) in [6.45, 7) is 5.39. The minimum Gasteiger partial charge on any atom is -0.462 e. The summed E-state index contributed by atoms with van der Waals surface area (Å²) < 4.78 is 32.8. The third-order valence-electron chi connectivity index (χ3n) is 11.3. The number of ether oxygens (including phenoxy) is 2. The van der Waals surface area contributed by atoms with Crippen LogP contribution in [0, 0.1) is 0 Å². The molecule has 0 aromatic rings. The Morgan fingerprint density at radius 2 is 0.797 bits per heavy atom. The summed E-state index contributed by atoms with van der Waals surface area (Å²) >= 11 is 0. The molecule has 0 radical (unpaired) electrons. The van der Waals surface area contributed by atoms with Crippen molar-refractivity contribution in [1.29, 1.82) is 0 Å². The first-order valence-corrected chi connectivity index (χ1v) is 28.1. The van der Waals surface area contributed by atoms with E-state index in [0.29, 0.717) is 6.42 Å². The average molecular weight is 919 g/mol. The summed E-state index contributed by atoms with van der Waals surface area (Å²) in [5.41, 5.74) is 0. The summed E-state index contributed by atoms with van der Waals surface area (Å²) in [4.78, 5) is 35.0. The molecule has 1 N–H and O–H groups in total. The quantitative estimate of drug-likeness (QED) is 0.0278. The number of unbranched alkanes of at least 4 members (excludes halogenated alkanes) is 27. The first-order chi connectivity index (χ1) is 31.3. The predicted octanol–water partition coefficient (Wildman–Crippen LogP) is 17.5. The van der Waals surface area contributed by atoms with E-state index in [4.69, 9.17) is 18.5 Å². The van der Waals surface area contributed by atoms with Crippen molar-refractivity contribution < 1.29 is 37.6 Å². The molecule has 0 aliphatic heterocycles. The van der Waals surface area contributed by atoms with Crippen LogP contribution in [0.15, 0.2) is 60.8 Å². The molecule has 0 aromatic carbocycles. The van der Waals surface area contributed by atoms with Crippen LogP contribution in [0.2, 0.25) is 0 Å². The Hall–Kier alpha value is -2.25. The Labute approximate surface area is 394 Å². The van der Waals surface area contributed by atoms with Crippen LogP contribution in [-0.4, -0.2) is 42.8 Å². The van der Waals surface area contributed by atoms with E-state index < -0.39 is 26.5 Å². The molecular weight excluding hydrogens is 820 g/mol. The van der Waals surface area contributed by atoms with Crippen molar-refractivity contribution in [2.45, 2.75) is 258 Å². The standard InChI is InChI=1S/C55H99O8P/c1-4-7-9-11-13-15-17-19-21-23-25-27-28-30-32-34-36-38-40-42-44-46-48-50-55(57)63-53(52-62-64(58,59)61-6-3)51-60-54(56)49-47-45-43-41-39-37-35-33-31-29-26-24-22-20-18-16-14-12-10-8-5-2/h7,9,13,15,19,21,24-27,53H,4-6,8,10-12,14,16-18,20,22-23,28-52H2,1-3H3,(H,58,59)/b9-7-,15-13-,21-19-,26-24-,27-25-. The molecule has 0 aromatic heterocycles. The Morgan fingerprint density at radius 3 is 1.22 bits per heavy atom. The SMILES string of the molecule is CC/C=C\C/C=C\C/C=C\C/C=C\CCCCCCCCCCCCC(=O)OC(COC(=O)CCCCCCCCCCC/C=C\CCCCCCCCCC)COP(=O)(O)OCC. The lowest BCUT2D eigenvalue weighted by atomic mass is 10.0. The van der Waals surface area contributed by atoms with Gasteiger partial charge in [0, 0.05) is 12.8 Å². The zero-order valence-corrected chi connectivity index (χ0v) is 42.6. The molecule has 372 valence electrons. The fraction of sp³-hybridized carbons (Fsp3) is 0.782. The maximum absolute atomic E-state index is 12.6. The van der Waals surface area contributed by atoms with Crippen LogP contribution >= 0.6 is 7.82 Å². The van der Waals surface area contributed by atoms with Crippen LogP contribution in [0.5, 0.6) is 0 Å². The summed E-state index contributed by atoms with van der Waals surface area (Å²) in [6, 6.07) is 0. The fourth-order valence-corrected chi connectivity index (χ4v) is 8.20. The lowest BCUT2D eigenvalue weighted by Gasteiger charge is -2.19. The molecule has 9 heteroatoms. The summed E-state index contributed by atoms with van der Waals surface area (Å²) in [5, 5.41) is 0. The number of rotatable bonds is 49. The van der Waals surface area contributed by atoms with Gasteiger partial charge >= 0.3 is 19.8 Å². The lowest BCUT2D eigenvalue weighted by Crippen LogP contribution is -2.29. The van der Waals surface area contributed by atoms with Crippen molar-refractivity contribution in [3.8, 4) is 0 Å². The van der Waals surface area contributed by atoms with Gasteiger partial charge in [0.25, 0.3) is 0 Å². The van der Waals surface area contributed by atoms with Crippen LogP contribution < -0.4 is 0 Å². The Morgan fingerprint density at radius 1 is 0.438 bits per heavy atom. The maximum Gasteiger partial charge on any atom is 0.472 e. The van der Waals surface area contributed by atoms with Gasteiger partial charge in [0.2, 0.25) is 0 Å². The lowest BCUT2D eigenvalue weighted by molar-refractivity contribution is -0.161. The highest BCUT2D eigenvalue weighted by molar-refractivity contribution is 7.47. The molecule has 0 rings (SSSR count). The smallest absolute Gasteiger partial charge is 0.462 e. The summed E-state index contributed by atoms with van der Waals surface area (Å²) in [6.07, 6.45) is 62.8. The molecule has 0 saturated heterocycles. The number of carbonyl (C=O) groups excluding carboxylic acids is 2. The van der Waals surface area contributed by atoms with E-state index in [-0.39, 0.29) is 32.0 Å². The Bertz CT molecular complexity index is 1220. The highest BCUT2D eigenvalue weighted by Gasteiger charge is 2.25. The van der Waals surface area contributed by atoms with Crippen LogP contribution in [0.1, 0.15) is 252 Å². The predicted molar refractivity (Wildman–Crippen MR) is 272 cm³/mol. The van der Waals surface area contributed by atoms with Gasteiger partial charge in [-0.1, -0.05) is 216 Å². The number of esters is 2. The van der Waals surface area contributed by atoms with Crippen molar-refractivity contribution >= 4 is 19.8 Å². The second-order valence-corrected chi connectivity index (χ2v) is 19.0. The topological polar surface area (TPSA) is 108 Å². The third-order valence-corrected chi connectivity index (χ3v) is 12.4. The number of hydrogen-bond acceptors (Lipinski definition) is 7. The van der Waals surface area contributed by atoms with Crippen molar-refractivity contribution in [2.24, 2.45) is 0 Å². The van der Waals surface area contributed by atoms with Crippen molar-refractivity contribution in [1.82, 2.24) is 0 Å². The average Bonchev–Trinajstić information content (AvgIpc) is 3.28. The van der Waals surface area contributed by atoms with Gasteiger partial charge < -0.3 is 14.4 Å². The second kappa shape index (κ2) is 50.2. The monoisotopic (exact) mass is 919 g/mol. The fourth-order valence-electron chi connectivity index (χ4n) is 7.44. The van der Waals surface area contributed by atoms with E-state index in [1.807, 2.05) is 0 Å². The molecule has 0 heterocycles. The molecule has 8 nitrogen and oxygen atoms in total. The zero-order chi connectivity index (χ0) is 46.7. The van der Waals surface area contributed by atoms with E-state index in [2.05, 4.69) is 74.6 Å². The zero-order valence-electron chi connectivity index (χ0n) is 41.7. The molecule has 0 amide bonds. The van der Waals surface area contributed by atoms with Gasteiger partial charge in [0.1, 0.15) is 6.61 Å². The van der Waals surface area contributed by atoms with E-state index in [1.165, 1.54) is 141 Å². The van der Waals surface area contributed by atoms with Crippen LogP contribution in [0.25, 0.3) is 0 Å². The number of carbonyl (C=O) groups is 2.